The molecule has 2 rings (SSSR count). The first kappa shape index (κ1) is 13.4. The number of hydrogen-bond donors (Lipinski definition) is 1. The van der Waals surface area contributed by atoms with Gasteiger partial charge in [0.2, 0.25) is 0 Å². The molecule has 0 bridgehead atoms. The number of ether oxygens (including phenoxy) is 2. The van der Waals surface area contributed by atoms with E-state index in [4.69, 9.17) is 9.47 Å². The molecule has 1 aromatic carbocycles. The summed E-state index contributed by atoms with van der Waals surface area (Å²) in [6.45, 7) is 1.97. The molecular weight excluding hydrogens is 246 g/mol. The van der Waals surface area contributed by atoms with Crippen molar-refractivity contribution in [1.29, 1.82) is 0 Å². The number of benzene rings is 1. The van der Waals surface area contributed by atoms with Crippen LogP contribution in [0.5, 0.6) is 11.5 Å². The molecule has 1 unspecified atom stereocenters. The highest BCUT2D eigenvalue weighted by Gasteiger charge is 2.28. The Morgan fingerprint density at radius 3 is 2.68 bits per heavy atom. The second-order valence-corrected chi connectivity index (χ2v) is 4.43. The molecule has 0 aliphatic heterocycles. The Morgan fingerprint density at radius 1 is 1.32 bits per heavy atom. The third-order valence-electron chi connectivity index (χ3n) is 2.92. The Labute approximate surface area is 111 Å². The minimum atomic E-state index is -1.15. The molecule has 0 aliphatic rings. The Morgan fingerprint density at radius 2 is 2.11 bits per heavy atom. The fraction of sp³-hybridized carbons (Fsp3) is 0.385. The molecule has 0 spiro atoms. The second kappa shape index (κ2) is 5.27. The van der Waals surface area contributed by atoms with Crippen molar-refractivity contribution in [3.8, 4) is 11.5 Å². The standard InChI is InChI=1S/C13H17N3O3/c1-13(17,7-16-9-14-8-15-16)11-6-10(18-2)4-5-12(11)19-3/h4-6,8-9,17H,7H2,1-3H3. The lowest BCUT2D eigenvalue weighted by Crippen LogP contribution is -2.28. The molecule has 6 heteroatoms. The van der Waals surface area contributed by atoms with E-state index in [1.165, 1.54) is 6.33 Å². The van der Waals surface area contributed by atoms with Gasteiger partial charge in [0.05, 0.1) is 20.8 Å². The molecule has 2 aromatic rings. The fourth-order valence-electron chi connectivity index (χ4n) is 1.95. The molecule has 1 aromatic heterocycles. The first-order valence-corrected chi connectivity index (χ1v) is 5.84. The summed E-state index contributed by atoms with van der Waals surface area (Å²) in [5, 5.41) is 14.7. The van der Waals surface area contributed by atoms with Gasteiger partial charge >= 0.3 is 0 Å². The molecule has 0 amide bonds. The molecule has 1 N–H and O–H groups in total. The van der Waals surface area contributed by atoms with Crippen LogP contribution in [-0.4, -0.2) is 34.1 Å². The first-order chi connectivity index (χ1) is 9.06. The second-order valence-electron chi connectivity index (χ2n) is 4.43. The van der Waals surface area contributed by atoms with Crippen LogP contribution in [0.25, 0.3) is 0 Å². The Hall–Kier alpha value is -2.08. The molecule has 1 atom stereocenters. The Kier molecular flexibility index (Phi) is 3.71. The number of rotatable bonds is 5. The normalized spacial score (nSPS) is 13.9. The van der Waals surface area contributed by atoms with Crippen LogP contribution < -0.4 is 9.47 Å². The minimum absolute atomic E-state index is 0.274. The molecule has 0 aliphatic carbocycles. The van der Waals surface area contributed by atoms with Gasteiger partial charge in [-0.05, 0) is 25.1 Å². The summed E-state index contributed by atoms with van der Waals surface area (Å²) in [5.74, 6) is 1.26. The topological polar surface area (TPSA) is 69.4 Å². The zero-order valence-electron chi connectivity index (χ0n) is 11.2. The van der Waals surface area contributed by atoms with E-state index >= 15 is 0 Å². The summed E-state index contributed by atoms with van der Waals surface area (Å²) in [6, 6.07) is 5.31. The average molecular weight is 263 g/mol. The number of aromatic nitrogens is 3. The van der Waals surface area contributed by atoms with Gasteiger partial charge in [0, 0.05) is 5.56 Å². The van der Waals surface area contributed by atoms with E-state index in [0.717, 1.165) is 0 Å². The van der Waals surface area contributed by atoms with E-state index in [2.05, 4.69) is 10.1 Å². The van der Waals surface area contributed by atoms with E-state index in [1.807, 2.05) is 0 Å². The number of aliphatic hydroxyl groups is 1. The van der Waals surface area contributed by atoms with Gasteiger partial charge in [0.15, 0.2) is 0 Å². The molecule has 0 fully saturated rings. The lowest BCUT2D eigenvalue weighted by atomic mass is 9.94. The van der Waals surface area contributed by atoms with Gasteiger partial charge in [-0.1, -0.05) is 0 Å². The molecule has 1 heterocycles. The summed E-state index contributed by atoms with van der Waals surface area (Å²) in [5.41, 5.74) is -0.502. The third kappa shape index (κ3) is 2.85. The van der Waals surface area contributed by atoms with Gasteiger partial charge in [-0.2, -0.15) is 5.10 Å². The van der Waals surface area contributed by atoms with Crippen LogP contribution in [0.4, 0.5) is 0 Å². The van der Waals surface area contributed by atoms with Crippen molar-refractivity contribution in [2.75, 3.05) is 14.2 Å². The number of hydrogen-bond acceptors (Lipinski definition) is 5. The molecule has 6 nitrogen and oxygen atoms in total. The Bertz CT molecular complexity index is 538. The van der Waals surface area contributed by atoms with Gasteiger partial charge in [0.25, 0.3) is 0 Å². The van der Waals surface area contributed by atoms with Crippen molar-refractivity contribution < 1.29 is 14.6 Å². The Balaban J connectivity index is 2.37. The fourth-order valence-corrected chi connectivity index (χ4v) is 1.95. The first-order valence-electron chi connectivity index (χ1n) is 5.84. The van der Waals surface area contributed by atoms with Gasteiger partial charge in [-0.25, -0.2) is 9.67 Å². The van der Waals surface area contributed by atoms with Crippen molar-refractivity contribution in [1.82, 2.24) is 14.8 Å². The highest BCUT2D eigenvalue weighted by molar-refractivity contribution is 5.43. The molecule has 19 heavy (non-hydrogen) atoms. The van der Waals surface area contributed by atoms with Crippen molar-refractivity contribution in [2.45, 2.75) is 19.1 Å². The highest BCUT2D eigenvalue weighted by atomic mass is 16.5. The largest absolute Gasteiger partial charge is 0.497 e. The van der Waals surface area contributed by atoms with E-state index in [1.54, 1.807) is 50.4 Å². The summed E-state index contributed by atoms with van der Waals surface area (Å²) < 4.78 is 12.0. The van der Waals surface area contributed by atoms with Crippen LogP contribution in [0.1, 0.15) is 12.5 Å². The lowest BCUT2D eigenvalue weighted by molar-refractivity contribution is 0.0320. The predicted molar refractivity (Wildman–Crippen MR) is 69.1 cm³/mol. The average Bonchev–Trinajstić information content (AvgIpc) is 2.90. The van der Waals surface area contributed by atoms with Crippen molar-refractivity contribution >= 4 is 0 Å². The zero-order chi connectivity index (χ0) is 13.9. The zero-order valence-corrected chi connectivity index (χ0v) is 11.2. The molecule has 0 saturated heterocycles. The van der Waals surface area contributed by atoms with Crippen molar-refractivity contribution in [3.05, 3.63) is 36.4 Å². The monoisotopic (exact) mass is 263 g/mol. The highest BCUT2D eigenvalue weighted by Crippen LogP contribution is 2.34. The van der Waals surface area contributed by atoms with E-state index in [9.17, 15) is 5.11 Å². The maximum Gasteiger partial charge on any atom is 0.137 e. The van der Waals surface area contributed by atoms with Gasteiger partial charge < -0.3 is 14.6 Å². The molecule has 0 radical (unpaired) electrons. The number of nitrogens with zero attached hydrogens (tertiary/aromatic N) is 3. The van der Waals surface area contributed by atoms with Crippen LogP contribution >= 0.6 is 0 Å². The summed E-state index contributed by atoms with van der Waals surface area (Å²) >= 11 is 0. The summed E-state index contributed by atoms with van der Waals surface area (Å²) in [4.78, 5) is 3.86. The van der Waals surface area contributed by atoms with Crippen molar-refractivity contribution in [3.63, 3.8) is 0 Å². The van der Waals surface area contributed by atoms with Crippen LogP contribution in [-0.2, 0) is 12.1 Å². The maximum absolute atomic E-state index is 10.7. The number of methoxy groups -OCH3 is 2. The molecule has 102 valence electrons. The van der Waals surface area contributed by atoms with Crippen molar-refractivity contribution in [2.24, 2.45) is 0 Å². The van der Waals surface area contributed by atoms with E-state index in [0.29, 0.717) is 17.1 Å². The summed E-state index contributed by atoms with van der Waals surface area (Å²) in [7, 11) is 3.15. The molecule has 0 saturated carbocycles. The quantitative estimate of drug-likeness (QED) is 0.878. The van der Waals surface area contributed by atoms with Crippen LogP contribution in [0.15, 0.2) is 30.9 Å². The summed E-state index contributed by atoms with van der Waals surface area (Å²) in [6.07, 6.45) is 2.99. The minimum Gasteiger partial charge on any atom is -0.497 e. The van der Waals surface area contributed by atoms with Gasteiger partial charge in [-0.3, -0.25) is 0 Å². The van der Waals surface area contributed by atoms with Crippen LogP contribution in [0, 0.1) is 0 Å². The third-order valence-corrected chi connectivity index (χ3v) is 2.92. The van der Waals surface area contributed by atoms with E-state index in [-0.39, 0.29) is 6.54 Å². The van der Waals surface area contributed by atoms with Gasteiger partial charge in [0.1, 0.15) is 29.8 Å². The van der Waals surface area contributed by atoms with E-state index < -0.39 is 5.60 Å². The predicted octanol–water partition coefficient (Wildman–Crippen LogP) is 1.20. The molecular formula is C13H17N3O3. The smallest absolute Gasteiger partial charge is 0.137 e. The van der Waals surface area contributed by atoms with Gasteiger partial charge in [-0.15, -0.1) is 0 Å². The van der Waals surface area contributed by atoms with Crippen LogP contribution in [0.2, 0.25) is 0 Å². The maximum atomic E-state index is 10.7. The lowest BCUT2D eigenvalue weighted by Gasteiger charge is -2.26. The van der Waals surface area contributed by atoms with Crippen LogP contribution in [0.3, 0.4) is 0 Å². The SMILES string of the molecule is COc1ccc(OC)c(C(C)(O)Cn2cncn2)c1.